The summed E-state index contributed by atoms with van der Waals surface area (Å²) in [7, 11) is 1.41. The Morgan fingerprint density at radius 1 is 1.32 bits per heavy atom. The molecule has 8 heteroatoms. The van der Waals surface area contributed by atoms with Crippen molar-refractivity contribution < 1.29 is 28.7 Å². The molecule has 126 valence electrons. The maximum absolute atomic E-state index is 11.9. The van der Waals surface area contributed by atoms with Crippen LogP contribution in [0.15, 0.2) is 0 Å². The average molecular weight is 316 g/mol. The number of hydrogen-bond acceptors (Lipinski definition) is 7. The van der Waals surface area contributed by atoms with Gasteiger partial charge in [-0.25, -0.2) is 4.79 Å². The van der Waals surface area contributed by atoms with Crippen LogP contribution in [0.3, 0.4) is 0 Å². The quantitative estimate of drug-likeness (QED) is 0.687. The van der Waals surface area contributed by atoms with E-state index in [1.807, 2.05) is 0 Å². The molecular weight excluding hydrogens is 292 g/mol. The number of carbonyl (C=O) groups is 3. The summed E-state index contributed by atoms with van der Waals surface area (Å²) >= 11 is 0. The lowest BCUT2D eigenvalue weighted by Gasteiger charge is -2.28. The first-order valence-corrected chi connectivity index (χ1v) is 7.17. The second kappa shape index (κ2) is 8.09. The average Bonchev–Trinajstić information content (AvgIpc) is 2.43. The Bertz CT molecular complexity index is 401. The summed E-state index contributed by atoms with van der Waals surface area (Å²) in [6.45, 7) is 7.12. The molecule has 8 nitrogen and oxygen atoms in total. The summed E-state index contributed by atoms with van der Waals surface area (Å²) in [6.07, 6.45) is -0.357. The Morgan fingerprint density at radius 3 is 2.41 bits per heavy atom. The summed E-state index contributed by atoms with van der Waals surface area (Å²) in [5.41, 5.74) is -0.674. The van der Waals surface area contributed by atoms with Gasteiger partial charge in [0.15, 0.2) is 0 Å². The van der Waals surface area contributed by atoms with Gasteiger partial charge in [0.25, 0.3) is 0 Å². The zero-order valence-corrected chi connectivity index (χ0v) is 13.5. The summed E-state index contributed by atoms with van der Waals surface area (Å²) in [5, 5.41) is 1.49. The molecule has 0 saturated carbocycles. The Morgan fingerprint density at radius 2 is 1.91 bits per heavy atom. The van der Waals surface area contributed by atoms with Crippen molar-refractivity contribution in [2.45, 2.75) is 38.8 Å². The second-order valence-corrected chi connectivity index (χ2v) is 6.00. The fourth-order valence-corrected chi connectivity index (χ4v) is 1.74. The van der Waals surface area contributed by atoms with Gasteiger partial charge in [0.1, 0.15) is 17.9 Å². The number of nitrogens with zero attached hydrogens (tertiary/aromatic N) is 2. The van der Waals surface area contributed by atoms with E-state index >= 15 is 0 Å². The maximum Gasteiger partial charge on any atom is 0.410 e. The smallest absolute Gasteiger partial charge is 0.410 e. The first-order chi connectivity index (χ1) is 10.2. The monoisotopic (exact) mass is 316 g/mol. The lowest BCUT2D eigenvalue weighted by Crippen LogP contribution is -2.44. The van der Waals surface area contributed by atoms with Crippen LogP contribution in [-0.2, 0) is 23.9 Å². The Hall–Kier alpha value is -1.67. The summed E-state index contributed by atoms with van der Waals surface area (Å²) in [6, 6.07) is -0.927. The molecule has 1 unspecified atom stereocenters. The molecule has 1 aliphatic rings. The zero-order chi connectivity index (χ0) is 16.8. The number of ether oxygens (including phenoxy) is 2. The van der Waals surface area contributed by atoms with Crippen LogP contribution in [0.4, 0.5) is 4.79 Å². The topological polar surface area (TPSA) is 85.4 Å². The lowest BCUT2D eigenvalue weighted by atomic mass is 10.2. The van der Waals surface area contributed by atoms with Crippen LogP contribution < -0.4 is 0 Å². The van der Waals surface area contributed by atoms with Crippen molar-refractivity contribution in [3.63, 3.8) is 0 Å². The van der Waals surface area contributed by atoms with Crippen molar-refractivity contribution in [3.8, 4) is 0 Å². The van der Waals surface area contributed by atoms with Crippen LogP contribution in [0.5, 0.6) is 0 Å². The van der Waals surface area contributed by atoms with Crippen LogP contribution in [-0.4, -0.2) is 73.3 Å². The van der Waals surface area contributed by atoms with E-state index in [0.717, 1.165) is 4.90 Å². The number of hydroxylamine groups is 2. The molecule has 22 heavy (non-hydrogen) atoms. The fourth-order valence-electron chi connectivity index (χ4n) is 1.74. The van der Waals surface area contributed by atoms with Crippen LogP contribution >= 0.6 is 0 Å². The van der Waals surface area contributed by atoms with E-state index < -0.39 is 23.7 Å². The van der Waals surface area contributed by atoms with E-state index in [4.69, 9.17) is 14.3 Å². The number of carbonyl (C=O) groups excluding carboxylic acids is 3. The molecule has 0 N–H and O–H groups in total. The Kier molecular flexibility index (Phi) is 6.76. The minimum atomic E-state index is -0.927. The largest absolute Gasteiger partial charge is 0.444 e. The van der Waals surface area contributed by atoms with Gasteiger partial charge in [-0.3, -0.25) is 4.79 Å². The third kappa shape index (κ3) is 6.40. The zero-order valence-electron chi connectivity index (χ0n) is 13.5. The highest BCUT2D eigenvalue weighted by Gasteiger charge is 2.28. The summed E-state index contributed by atoms with van der Waals surface area (Å²) in [5.74, 6) is -0.575. The molecule has 1 atom stereocenters. The maximum atomic E-state index is 11.9. The molecule has 0 aliphatic carbocycles. The predicted molar refractivity (Wildman–Crippen MR) is 77.0 cm³/mol. The highest BCUT2D eigenvalue weighted by molar-refractivity contribution is 5.79. The molecule has 0 aromatic carbocycles. The van der Waals surface area contributed by atoms with Crippen molar-refractivity contribution in [2.24, 2.45) is 0 Å². The Balaban J connectivity index is 2.50. The van der Waals surface area contributed by atoms with Gasteiger partial charge >= 0.3 is 12.1 Å². The van der Waals surface area contributed by atoms with Crippen molar-refractivity contribution in [1.82, 2.24) is 9.96 Å². The molecule has 1 fully saturated rings. The first-order valence-electron chi connectivity index (χ1n) is 7.17. The fraction of sp³-hybridized carbons (Fsp3) is 0.786. The van der Waals surface area contributed by atoms with Crippen LogP contribution in [0.25, 0.3) is 0 Å². The third-order valence-electron chi connectivity index (χ3n) is 2.91. The van der Waals surface area contributed by atoms with Crippen LogP contribution in [0.2, 0.25) is 0 Å². The third-order valence-corrected chi connectivity index (χ3v) is 2.91. The molecule has 0 bridgehead atoms. The number of rotatable bonds is 5. The predicted octanol–water partition coefficient (Wildman–Crippen LogP) is 0.601. The van der Waals surface area contributed by atoms with Crippen molar-refractivity contribution in [2.75, 3.05) is 33.4 Å². The SMILES string of the molecule is CN(C(=O)OC(C)(C)C)C(C=O)CC(=O)ON1CCOCC1. The second-order valence-electron chi connectivity index (χ2n) is 6.00. The molecule has 1 amide bonds. The van der Waals surface area contributed by atoms with Crippen molar-refractivity contribution in [3.05, 3.63) is 0 Å². The van der Waals surface area contributed by atoms with E-state index in [0.29, 0.717) is 32.6 Å². The van der Waals surface area contributed by atoms with E-state index in [1.165, 1.54) is 12.1 Å². The number of morpholine rings is 1. The van der Waals surface area contributed by atoms with Crippen molar-refractivity contribution >= 4 is 18.3 Å². The molecule has 0 radical (unpaired) electrons. The van der Waals surface area contributed by atoms with E-state index in [9.17, 15) is 14.4 Å². The highest BCUT2D eigenvalue weighted by atomic mass is 16.7. The van der Waals surface area contributed by atoms with E-state index in [1.54, 1.807) is 20.8 Å². The normalized spacial score (nSPS) is 17.5. The summed E-state index contributed by atoms with van der Waals surface area (Å²) < 4.78 is 10.3. The van der Waals surface area contributed by atoms with Gasteiger partial charge in [0.2, 0.25) is 0 Å². The molecule has 1 rings (SSSR count). The standard InChI is InChI=1S/C14H24N2O6/c1-14(2,3)21-13(19)15(4)11(10-17)9-12(18)22-16-5-7-20-8-6-16/h10-11H,5-9H2,1-4H3. The van der Waals surface area contributed by atoms with Gasteiger partial charge in [-0.05, 0) is 20.8 Å². The number of amides is 1. The lowest BCUT2D eigenvalue weighted by molar-refractivity contribution is -0.206. The minimum absolute atomic E-state index is 0.226. The van der Waals surface area contributed by atoms with Gasteiger partial charge in [0, 0.05) is 7.05 Å². The molecule has 0 aromatic heterocycles. The first kappa shape index (κ1) is 18.4. The van der Waals surface area contributed by atoms with E-state index in [2.05, 4.69) is 0 Å². The minimum Gasteiger partial charge on any atom is -0.444 e. The number of likely N-dealkylation sites (N-methyl/N-ethyl adjacent to an activating group) is 1. The molecule has 0 spiro atoms. The highest BCUT2D eigenvalue weighted by Crippen LogP contribution is 2.12. The van der Waals surface area contributed by atoms with E-state index in [-0.39, 0.29) is 6.42 Å². The van der Waals surface area contributed by atoms with Gasteiger partial charge in [0.05, 0.1) is 32.7 Å². The molecule has 1 saturated heterocycles. The Labute approximate surface area is 130 Å². The van der Waals surface area contributed by atoms with Crippen LogP contribution in [0.1, 0.15) is 27.2 Å². The van der Waals surface area contributed by atoms with Crippen LogP contribution in [0, 0.1) is 0 Å². The number of hydrogen-bond donors (Lipinski definition) is 0. The molecule has 0 aromatic rings. The molecule has 1 heterocycles. The van der Waals surface area contributed by atoms with Gasteiger partial charge < -0.3 is 24.0 Å². The summed E-state index contributed by atoms with van der Waals surface area (Å²) in [4.78, 5) is 41.1. The van der Waals surface area contributed by atoms with Gasteiger partial charge in [-0.15, -0.1) is 5.06 Å². The molecule has 1 aliphatic heterocycles. The number of aldehydes is 1. The van der Waals surface area contributed by atoms with Gasteiger partial charge in [-0.1, -0.05) is 0 Å². The van der Waals surface area contributed by atoms with Gasteiger partial charge in [-0.2, -0.15) is 0 Å². The van der Waals surface area contributed by atoms with Crippen molar-refractivity contribution in [1.29, 1.82) is 0 Å². The molecular formula is C14H24N2O6.